The molecule has 0 aliphatic rings. The molecule has 2 rings (SSSR count). The van der Waals surface area contributed by atoms with Gasteiger partial charge in [-0.3, -0.25) is 4.79 Å². The van der Waals surface area contributed by atoms with Gasteiger partial charge in [-0.15, -0.1) is 0 Å². The lowest BCUT2D eigenvalue weighted by molar-refractivity contribution is 0.0695. The Morgan fingerprint density at radius 2 is 1.70 bits per heavy atom. The number of carbonyl (C=O) groups is 2. The van der Waals surface area contributed by atoms with Crippen LogP contribution >= 0.6 is 0 Å². The number of anilines is 1. The summed E-state index contributed by atoms with van der Waals surface area (Å²) in [6.07, 6.45) is 0.817. The Kier molecular flexibility index (Phi) is 5.16. The Labute approximate surface area is 136 Å². The molecule has 4 heteroatoms. The number of aromatic carboxylic acids is 1. The Bertz CT molecular complexity index is 735. The summed E-state index contributed by atoms with van der Waals surface area (Å²) < 4.78 is 0. The number of hydrogen-bond acceptors (Lipinski definition) is 2. The van der Waals surface area contributed by atoms with Crippen LogP contribution in [-0.2, 0) is 6.42 Å². The third-order valence-corrected chi connectivity index (χ3v) is 3.70. The lowest BCUT2D eigenvalue weighted by Crippen LogP contribution is -2.16. The van der Waals surface area contributed by atoms with Gasteiger partial charge < -0.3 is 10.4 Å². The van der Waals surface area contributed by atoms with E-state index in [-0.39, 0.29) is 11.5 Å². The quantitative estimate of drug-likeness (QED) is 0.872. The van der Waals surface area contributed by atoms with Crippen LogP contribution in [0.15, 0.2) is 42.5 Å². The fourth-order valence-corrected chi connectivity index (χ4v) is 2.55. The van der Waals surface area contributed by atoms with E-state index < -0.39 is 5.97 Å². The third kappa shape index (κ3) is 3.97. The van der Waals surface area contributed by atoms with Gasteiger partial charge in [-0.25, -0.2) is 4.79 Å². The Morgan fingerprint density at radius 3 is 2.35 bits per heavy atom. The van der Waals surface area contributed by atoms with Crippen molar-refractivity contribution < 1.29 is 14.7 Å². The van der Waals surface area contributed by atoms with Crippen LogP contribution < -0.4 is 5.32 Å². The van der Waals surface area contributed by atoms with Gasteiger partial charge in [-0.05, 0) is 48.6 Å². The molecule has 0 saturated heterocycles. The number of carboxylic acid groups (broad SMARTS) is 1. The molecule has 0 aliphatic heterocycles. The average molecular weight is 311 g/mol. The molecule has 120 valence electrons. The van der Waals surface area contributed by atoms with E-state index in [0.29, 0.717) is 22.7 Å². The molecule has 0 fully saturated rings. The first kappa shape index (κ1) is 16.7. The van der Waals surface area contributed by atoms with Crippen LogP contribution in [0, 0.1) is 12.8 Å². The Balaban J connectivity index is 2.30. The van der Waals surface area contributed by atoms with Crippen LogP contribution in [0.1, 0.15) is 45.7 Å². The maximum Gasteiger partial charge on any atom is 0.336 e. The van der Waals surface area contributed by atoms with Crippen LogP contribution in [0.4, 0.5) is 5.69 Å². The molecule has 0 heterocycles. The van der Waals surface area contributed by atoms with Crippen LogP contribution in [0.25, 0.3) is 0 Å². The van der Waals surface area contributed by atoms with Gasteiger partial charge in [0, 0.05) is 11.3 Å². The molecule has 0 aliphatic carbocycles. The third-order valence-electron chi connectivity index (χ3n) is 3.70. The number of rotatable bonds is 5. The fraction of sp³-hybridized carbons (Fsp3) is 0.263. The van der Waals surface area contributed by atoms with Gasteiger partial charge in [0.25, 0.3) is 5.91 Å². The predicted molar refractivity (Wildman–Crippen MR) is 91.1 cm³/mol. The highest BCUT2D eigenvalue weighted by atomic mass is 16.4. The molecule has 23 heavy (non-hydrogen) atoms. The molecular weight excluding hydrogens is 290 g/mol. The van der Waals surface area contributed by atoms with Crippen molar-refractivity contribution >= 4 is 17.6 Å². The Morgan fingerprint density at radius 1 is 1.04 bits per heavy atom. The maximum atomic E-state index is 12.6. The van der Waals surface area contributed by atoms with E-state index in [4.69, 9.17) is 0 Å². The number of amides is 1. The van der Waals surface area contributed by atoms with Gasteiger partial charge in [0.2, 0.25) is 0 Å². The first-order valence-corrected chi connectivity index (χ1v) is 7.62. The number of nitrogens with one attached hydrogen (secondary N) is 1. The van der Waals surface area contributed by atoms with E-state index >= 15 is 0 Å². The Hall–Kier alpha value is -2.62. The number of carboxylic acids is 1. The zero-order chi connectivity index (χ0) is 17.0. The summed E-state index contributed by atoms with van der Waals surface area (Å²) in [6.45, 7) is 5.91. The lowest BCUT2D eigenvalue weighted by Gasteiger charge is -2.14. The summed E-state index contributed by atoms with van der Waals surface area (Å²) in [5, 5.41) is 12.0. The molecule has 0 saturated carbocycles. The highest BCUT2D eigenvalue weighted by molar-refractivity contribution is 6.06. The smallest absolute Gasteiger partial charge is 0.336 e. The first-order valence-electron chi connectivity index (χ1n) is 7.62. The summed E-state index contributed by atoms with van der Waals surface area (Å²) in [5.41, 5.74) is 2.88. The number of benzene rings is 2. The predicted octanol–water partition coefficient (Wildman–Crippen LogP) is 4.14. The van der Waals surface area contributed by atoms with Crippen molar-refractivity contribution in [3.8, 4) is 0 Å². The van der Waals surface area contributed by atoms with E-state index in [0.717, 1.165) is 12.0 Å². The minimum absolute atomic E-state index is 0.193. The highest BCUT2D eigenvalue weighted by Gasteiger charge is 2.15. The molecule has 0 aromatic heterocycles. The van der Waals surface area contributed by atoms with Crippen LogP contribution in [0.3, 0.4) is 0 Å². The number of hydrogen-bond donors (Lipinski definition) is 2. The molecule has 4 nitrogen and oxygen atoms in total. The van der Waals surface area contributed by atoms with Crippen molar-refractivity contribution in [3.63, 3.8) is 0 Å². The maximum absolute atomic E-state index is 12.6. The molecule has 0 atom stereocenters. The van der Waals surface area contributed by atoms with Gasteiger partial charge in [0.05, 0.1) is 5.56 Å². The summed E-state index contributed by atoms with van der Waals surface area (Å²) in [5.74, 6) is -0.772. The zero-order valence-corrected chi connectivity index (χ0v) is 13.6. The second-order valence-corrected chi connectivity index (χ2v) is 5.99. The van der Waals surface area contributed by atoms with Crippen molar-refractivity contribution in [2.45, 2.75) is 27.2 Å². The van der Waals surface area contributed by atoms with E-state index in [1.807, 2.05) is 18.2 Å². The van der Waals surface area contributed by atoms with Gasteiger partial charge in [0.1, 0.15) is 0 Å². The molecule has 0 radical (unpaired) electrons. The standard InChI is InChI=1S/C19H21NO3/c1-12(2)11-14-7-4-5-8-16(14)18(21)20-17-10-6-9-15(13(17)3)19(22)23/h4-10,12H,11H2,1-3H3,(H,20,21)(H,22,23). The largest absolute Gasteiger partial charge is 0.478 e. The minimum atomic E-state index is -1.00. The van der Waals surface area contributed by atoms with Crippen LogP contribution in [-0.4, -0.2) is 17.0 Å². The fourth-order valence-electron chi connectivity index (χ4n) is 2.55. The second-order valence-electron chi connectivity index (χ2n) is 5.99. The van der Waals surface area contributed by atoms with E-state index in [2.05, 4.69) is 19.2 Å². The molecule has 0 spiro atoms. The number of carbonyl (C=O) groups excluding carboxylic acids is 1. The van der Waals surface area contributed by atoms with Gasteiger partial charge >= 0.3 is 5.97 Å². The summed E-state index contributed by atoms with van der Waals surface area (Å²) in [4.78, 5) is 23.8. The van der Waals surface area contributed by atoms with E-state index in [1.54, 1.807) is 25.1 Å². The molecule has 2 aromatic carbocycles. The topological polar surface area (TPSA) is 66.4 Å². The molecule has 1 amide bonds. The van der Waals surface area contributed by atoms with Crippen molar-refractivity contribution in [3.05, 3.63) is 64.7 Å². The van der Waals surface area contributed by atoms with Gasteiger partial charge in [-0.1, -0.05) is 38.1 Å². The molecule has 0 unspecified atom stereocenters. The normalized spacial score (nSPS) is 10.6. The highest BCUT2D eigenvalue weighted by Crippen LogP contribution is 2.21. The van der Waals surface area contributed by atoms with Crippen molar-refractivity contribution in [1.82, 2.24) is 0 Å². The van der Waals surface area contributed by atoms with Crippen LogP contribution in [0.2, 0.25) is 0 Å². The lowest BCUT2D eigenvalue weighted by atomic mass is 9.97. The van der Waals surface area contributed by atoms with Gasteiger partial charge in [0.15, 0.2) is 0 Å². The monoisotopic (exact) mass is 311 g/mol. The molecule has 2 N–H and O–H groups in total. The molecular formula is C19H21NO3. The van der Waals surface area contributed by atoms with Crippen LogP contribution in [0.5, 0.6) is 0 Å². The molecule has 0 bridgehead atoms. The van der Waals surface area contributed by atoms with Crippen molar-refractivity contribution in [1.29, 1.82) is 0 Å². The van der Waals surface area contributed by atoms with Crippen molar-refractivity contribution in [2.24, 2.45) is 5.92 Å². The summed E-state index contributed by atoms with van der Waals surface area (Å²) in [7, 11) is 0. The second kappa shape index (κ2) is 7.09. The van der Waals surface area contributed by atoms with Gasteiger partial charge in [-0.2, -0.15) is 0 Å². The average Bonchev–Trinajstić information content (AvgIpc) is 2.49. The molecule has 2 aromatic rings. The first-order chi connectivity index (χ1) is 10.9. The summed E-state index contributed by atoms with van der Waals surface area (Å²) in [6, 6.07) is 12.4. The zero-order valence-electron chi connectivity index (χ0n) is 13.6. The van der Waals surface area contributed by atoms with E-state index in [9.17, 15) is 14.7 Å². The van der Waals surface area contributed by atoms with E-state index in [1.165, 1.54) is 6.07 Å². The van der Waals surface area contributed by atoms with Crippen molar-refractivity contribution in [2.75, 3.05) is 5.32 Å². The SMILES string of the molecule is Cc1c(NC(=O)c2ccccc2CC(C)C)cccc1C(=O)O. The minimum Gasteiger partial charge on any atom is -0.478 e. The summed E-state index contributed by atoms with van der Waals surface area (Å²) >= 11 is 0.